The molecule has 198 valence electrons. The summed E-state index contributed by atoms with van der Waals surface area (Å²) in [6.45, 7) is -0.172. The lowest BCUT2D eigenvalue weighted by molar-refractivity contribution is -0.153. The average molecular weight is 531 g/mol. The van der Waals surface area contributed by atoms with Gasteiger partial charge in [-0.15, -0.1) is 0 Å². The van der Waals surface area contributed by atoms with Crippen LogP contribution in [0.2, 0.25) is 0 Å². The Hall–Kier alpha value is -5.04. The van der Waals surface area contributed by atoms with Crippen LogP contribution < -0.4 is 0 Å². The Balaban J connectivity index is 1.30. The molecule has 4 aromatic rings. The van der Waals surface area contributed by atoms with Gasteiger partial charge in [0.2, 0.25) is 5.91 Å². The Morgan fingerprint density at radius 1 is 0.700 bits per heavy atom. The van der Waals surface area contributed by atoms with Crippen molar-refractivity contribution < 1.29 is 23.9 Å². The Bertz CT molecular complexity index is 1530. The van der Waals surface area contributed by atoms with Crippen molar-refractivity contribution in [2.24, 2.45) is 0 Å². The van der Waals surface area contributed by atoms with E-state index in [0.717, 1.165) is 27.2 Å². The van der Waals surface area contributed by atoms with E-state index in [4.69, 9.17) is 4.74 Å². The average Bonchev–Trinajstić information content (AvgIpc) is 3.16. The molecular weight excluding hydrogens is 504 g/mol. The number of nitrogens with zero attached hydrogens (tertiary/aromatic N) is 2. The van der Waals surface area contributed by atoms with Crippen LogP contribution in [-0.2, 0) is 27.3 Å². The normalized spacial score (nSPS) is 16.5. The number of fused-ring (bicyclic) bond motifs is 2. The molecular formula is C33H26N2O5. The second-order valence-corrected chi connectivity index (χ2v) is 9.90. The van der Waals surface area contributed by atoms with Crippen LogP contribution in [0.25, 0.3) is 0 Å². The minimum atomic E-state index is -1.08. The smallest absolute Gasteiger partial charge is 0.326 e. The molecule has 0 radical (unpaired) electrons. The van der Waals surface area contributed by atoms with Gasteiger partial charge in [-0.25, -0.2) is 0 Å². The van der Waals surface area contributed by atoms with Crippen molar-refractivity contribution >= 4 is 23.7 Å². The Kier molecular flexibility index (Phi) is 6.70. The number of amides is 3. The molecule has 7 nitrogen and oxygen atoms in total. The fourth-order valence-electron chi connectivity index (χ4n) is 5.44. The summed E-state index contributed by atoms with van der Waals surface area (Å²) in [5.41, 5.74) is 3.86. The molecule has 1 unspecified atom stereocenters. The number of hydrogen-bond acceptors (Lipinski definition) is 5. The van der Waals surface area contributed by atoms with Gasteiger partial charge < -0.3 is 9.64 Å². The van der Waals surface area contributed by atoms with Crippen LogP contribution in [0.15, 0.2) is 109 Å². The number of carbonyl (C=O) groups excluding carboxylic acids is 4. The zero-order chi connectivity index (χ0) is 27.6. The van der Waals surface area contributed by atoms with Crippen molar-refractivity contribution in [3.8, 4) is 0 Å². The van der Waals surface area contributed by atoms with Gasteiger partial charge in [0.25, 0.3) is 11.8 Å². The highest BCUT2D eigenvalue weighted by Crippen LogP contribution is 2.30. The first-order valence-corrected chi connectivity index (χ1v) is 13.1. The van der Waals surface area contributed by atoms with Crippen LogP contribution in [0.1, 0.15) is 49.1 Å². The molecule has 2 aliphatic heterocycles. The summed E-state index contributed by atoms with van der Waals surface area (Å²) < 4.78 is 5.98. The fraction of sp³-hybridized carbons (Fsp3) is 0.152. The monoisotopic (exact) mass is 530 g/mol. The number of carbonyl (C=O) groups is 4. The van der Waals surface area contributed by atoms with E-state index in [1.807, 2.05) is 84.9 Å². The molecule has 0 spiro atoms. The van der Waals surface area contributed by atoms with Gasteiger partial charge in [-0.1, -0.05) is 97.1 Å². The van der Waals surface area contributed by atoms with E-state index >= 15 is 0 Å². The summed E-state index contributed by atoms with van der Waals surface area (Å²) in [4.78, 5) is 56.4. The van der Waals surface area contributed by atoms with E-state index in [1.165, 1.54) is 4.90 Å². The SMILES string of the molecule is O=C(CN1Cc2ccccc2CC(N2C(=O)c3ccccc3C2=O)C1=O)OC(c1ccccc1)c1ccccc1. The van der Waals surface area contributed by atoms with E-state index in [2.05, 4.69) is 0 Å². The van der Waals surface area contributed by atoms with E-state index in [1.54, 1.807) is 24.3 Å². The number of ether oxygens (including phenoxy) is 1. The van der Waals surface area contributed by atoms with Crippen molar-refractivity contribution in [2.45, 2.75) is 25.1 Å². The van der Waals surface area contributed by atoms with Crippen molar-refractivity contribution in [2.75, 3.05) is 6.54 Å². The summed E-state index contributed by atoms with van der Waals surface area (Å²) >= 11 is 0. The molecule has 0 fully saturated rings. The molecule has 0 aromatic heterocycles. The topological polar surface area (TPSA) is 84.0 Å². The molecule has 40 heavy (non-hydrogen) atoms. The number of esters is 1. The Labute approximate surface area is 231 Å². The second-order valence-electron chi connectivity index (χ2n) is 9.90. The highest BCUT2D eigenvalue weighted by Gasteiger charge is 2.45. The zero-order valence-corrected chi connectivity index (χ0v) is 21.6. The van der Waals surface area contributed by atoms with Crippen molar-refractivity contribution in [3.05, 3.63) is 143 Å². The summed E-state index contributed by atoms with van der Waals surface area (Å²) in [5.74, 6) is -2.08. The first kappa shape index (κ1) is 25.2. The highest BCUT2D eigenvalue weighted by molar-refractivity contribution is 6.23. The third-order valence-corrected chi connectivity index (χ3v) is 7.40. The maximum Gasteiger partial charge on any atom is 0.326 e. The van der Waals surface area contributed by atoms with Gasteiger partial charge in [0.05, 0.1) is 11.1 Å². The maximum atomic E-state index is 14.0. The van der Waals surface area contributed by atoms with Gasteiger partial charge in [0.15, 0.2) is 6.10 Å². The first-order valence-electron chi connectivity index (χ1n) is 13.1. The van der Waals surface area contributed by atoms with Crippen molar-refractivity contribution in [3.63, 3.8) is 0 Å². The third-order valence-electron chi connectivity index (χ3n) is 7.40. The summed E-state index contributed by atoms with van der Waals surface area (Å²) in [6.07, 6.45) is -0.487. The van der Waals surface area contributed by atoms with Gasteiger partial charge in [0.1, 0.15) is 12.6 Å². The molecule has 3 amide bonds. The largest absolute Gasteiger partial charge is 0.451 e. The van der Waals surface area contributed by atoms with Crippen molar-refractivity contribution in [1.29, 1.82) is 0 Å². The molecule has 2 heterocycles. The lowest BCUT2D eigenvalue weighted by Crippen LogP contribution is -2.51. The lowest BCUT2D eigenvalue weighted by atomic mass is 10.0. The predicted molar refractivity (Wildman–Crippen MR) is 147 cm³/mol. The molecule has 0 saturated heterocycles. The number of hydrogen-bond donors (Lipinski definition) is 0. The molecule has 0 bridgehead atoms. The van der Waals surface area contributed by atoms with Gasteiger partial charge in [-0.2, -0.15) is 0 Å². The van der Waals surface area contributed by atoms with E-state index in [9.17, 15) is 19.2 Å². The molecule has 4 aromatic carbocycles. The van der Waals surface area contributed by atoms with Crippen LogP contribution in [0.4, 0.5) is 0 Å². The lowest BCUT2D eigenvalue weighted by Gasteiger charge is -2.29. The van der Waals surface area contributed by atoms with Gasteiger partial charge in [-0.05, 0) is 34.4 Å². The molecule has 0 aliphatic carbocycles. The standard InChI is InChI=1S/C33H26N2O5/c36-29(40-30(22-11-3-1-4-12-22)23-13-5-2-6-14-23)21-34-20-25-16-8-7-15-24(25)19-28(33(34)39)35-31(37)26-17-9-10-18-27(26)32(35)38/h1-18,28,30H,19-21H2. The molecule has 2 aliphatic rings. The first-order chi connectivity index (χ1) is 19.5. The van der Waals surface area contributed by atoms with Crippen LogP contribution in [0.5, 0.6) is 0 Å². The summed E-state index contributed by atoms with van der Waals surface area (Å²) in [7, 11) is 0. The number of imide groups is 1. The quantitative estimate of drug-likeness (QED) is 0.269. The van der Waals surface area contributed by atoms with Crippen LogP contribution >= 0.6 is 0 Å². The minimum Gasteiger partial charge on any atom is -0.451 e. The Morgan fingerprint density at radius 2 is 1.20 bits per heavy atom. The van der Waals surface area contributed by atoms with E-state index in [0.29, 0.717) is 0 Å². The molecule has 0 N–H and O–H groups in total. The highest BCUT2D eigenvalue weighted by atomic mass is 16.5. The third kappa shape index (κ3) is 4.66. The molecule has 1 atom stereocenters. The second kappa shape index (κ2) is 10.6. The summed E-state index contributed by atoms with van der Waals surface area (Å²) in [6, 6.07) is 31.8. The summed E-state index contributed by atoms with van der Waals surface area (Å²) in [5, 5.41) is 0. The fourth-order valence-corrected chi connectivity index (χ4v) is 5.44. The van der Waals surface area contributed by atoms with Crippen LogP contribution in [-0.4, -0.2) is 46.1 Å². The van der Waals surface area contributed by atoms with Gasteiger partial charge >= 0.3 is 5.97 Å². The number of rotatable bonds is 6. The van der Waals surface area contributed by atoms with Crippen LogP contribution in [0.3, 0.4) is 0 Å². The van der Waals surface area contributed by atoms with Gasteiger partial charge in [-0.3, -0.25) is 24.1 Å². The number of benzene rings is 4. The zero-order valence-electron chi connectivity index (χ0n) is 21.6. The predicted octanol–water partition coefficient (Wildman–Crippen LogP) is 4.57. The van der Waals surface area contributed by atoms with E-state index < -0.39 is 35.8 Å². The molecule has 0 saturated carbocycles. The van der Waals surface area contributed by atoms with Gasteiger partial charge in [0, 0.05) is 13.0 Å². The van der Waals surface area contributed by atoms with E-state index in [-0.39, 0.29) is 30.6 Å². The Morgan fingerprint density at radius 3 is 1.77 bits per heavy atom. The molecule has 7 heteroatoms. The van der Waals surface area contributed by atoms with Crippen LogP contribution in [0, 0.1) is 0 Å². The maximum absolute atomic E-state index is 14.0. The van der Waals surface area contributed by atoms with Crippen molar-refractivity contribution in [1.82, 2.24) is 9.80 Å². The molecule has 6 rings (SSSR count). The minimum absolute atomic E-state index is 0.158.